The average molecular weight is 466 g/mol. The summed E-state index contributed by atoms with van der Waals surface area (Å²) < 4.78 is 2.33. The number of imidazole rings is 1. The standard InChI is InChI=1S/C25H28ClN5O2/c1-14(32)28-17-6-4-16(10-17)24(33)30-22-12-18(19(26)13-27-22)15-5-7-20-21(11-15)31-23(29-20)8-9-25(31,2)3/h5,7,11-13,16-17H,4,6,8-10H2,1-3H3,(H,28,32)(H,27,30,33)/t16-,17?/m0/s1. The fraction of sp³-hybridized carbons (Fsp3) is 0.440. The number of anilines is 1. The number of aromatic nitrogens is 3. The van der Waals surface area contributed by atoms with E-state index < -0.39 is 0 Å². The van der Waals surface area contributed by atoms with E-state index in [1.807, 2.05) is 18.2 Å². The van der Waals surface area contributed by atoms with E-state index in [1.54, 1.807) is 6.20 Å². The van der Waals surface area contributed by atoms with Gasteiger partial charge in [-0.25, -0.2) is 9.97 Å². The van der Waals surface area contributed by atoms with Crippen molar-refractivity contribution < 1.29 is 9.59 Å². The van der Waals surface area contributed by atoms with Crippen LogP contribution in [-0.2, 0) is 21.5 Å². The van der Waals surface area contributed by atoms with Gasteiger partial charge in [-0.2, -0.15) is 0 Å². The number of hydrogen-bond donors (Lipinski definition) is 2. The minimum atomic E-state index is -0.143. The number of hydrogen-bond acceptors (Lipinski definition) is 4. The third kappa shape index (κ3) is 4.10. The Kier molecular flexibility index (Phi) is 5.40. The van der Waals surface area contributed by atoms with Gasteiger partial charge in [0.1, 0.15) is 11.6 Å². The van der Waals surface area contributed by atoms with Crippen molar-refractivity contribution >= 4 is 40.3 Å². The molecule has 2 aliphatic rings. The highest BCUT2D eigenvalue weighted by Gasteiger charge is 2.32. The summed E-state index contributed by atoms with van der Waals surface area (Å²) in [5.41, 5.74) is 3.88. The highest BCUT2D eigenvalue weighted by Crippen LogP contribution is 2.38. The topological polar surface area (TPSA) is 88.9 Å². The molecule has 7 nitrogen and oxygen atoms in total. The van der Waals surface area contributed by atoms with Crippen molar-refractivity contribution in [2.45, 2.75) is 64.5 Å². The second-order valence-corrected chi connectivity index (χ2v) is 10.2. The van der Waals surface area contributed by atoms with Gasteiger partial charge in [0.25, 0.3) is 0 Å². The monoisotopic (exact) mass is 465 g/mol. The molecular formula is C25H28ClN5O2. The molecule has 2 N–H and O–H groups in total. The van der Waals surface area contributed by atoms with Crippen LogP contribution in [0, 0.1) is 5.92 Å². The number of amides is 2. The number of carbonyl (C=O) groups excluding carboxylic acids is 2. The Morgan fingerprint density at radius 1 is 1.21 bits per heavy atom. The number of benzene rings is 1. The molecule has 0 spiro atoms. The summed E-state index contributed by atoms with van der Waals surface area (Å²) in [4.78, 5) is 33.2. The third-order valence-electron chi connectivity index (χ3n) is 6.92. The quantitative estimate of drug-likeness (QED) is 0.585. The van der Waals surface area contributed by atoms with Crippen LogP contribution in [0.5, 0.6) is 0 Å². The maximum Gasteiger partial charge on any atom is 0.228 e. The highest BCUT2D eigenvalue weighted by atomic mass is 35.5. The first-order chi connectivity index (χ1) is 15.7. The molecule has 0 radical (unpaired) electrons. The molecule has 1 unspecified atom stereocenters. The van der Waals surface area contributed by atoms with Crippen molar-refractivity contribution in [1.82, 2.24) is 19.9 Å². The van der Waals surface area contributed by atoms with Crippen molar-refractivity contribution in [3.63, 3.8) is 0 Å². The largest absolute Gasteiger partial charge is 0.354 e. The smallest absolute Gasteiger partial charge is 0.228 e. The number of carbonyl (C=O) groups is 2. The van der Waals surface area contributed by atoms with Crippen LogP contribution in [0.2, 0.25) is 5.02 Å². The molecule has 172 valence electrons. The van der Waals surface area contributed by atoms with Crippen LogP contribution in [0.1, 0.15) is 52.3 Å². The molecule has 2 atom stereocenters. The number of aryl methyl sites for hydroxylation is 1. The van der Waals surface area contributed by atoms with Crippen molar-refractivity contribution in [3.05, 3.63) is 41.3 Å². The second kappa shape index (κ2) is 8.13. The van der Waals surface area contributed by atoms with Crippen LogP contribution in [0.25, 0.3) is 22.2 Å². The summed E-state index contributed by atoms with van der Waals surface area (Å²) in [5, 5.41) is 6.38. The summed E-state index contributed by atoms with van der Waals surface area (Å²) in [5.74, 6) is 1.32. The molecule has 2 aromatic heterocycles. The van der Waals surface area contributed by atoms with Crippen LogP contribution in [0.15, 0.2) is 30.5 Å². The van der Waals surface area contributed by atoms with E-state index in [9.17, 15) is 9.59 Å². The molecule has 1 saturated carbocycles. The fourth-order valence-corrected chi connectivity index (χ4v) is 5.47. The van der Waals surface area contributed by atoms with Crippen LogP contribution in [-0.4, -0.2) is 32.4 Å². The van der Waals surface area contributed by atoms with Crippen molar-refractivity contribution in [2.75, 3.05) is 5.32 Å². The van der Waals surface area contributed by atoms with E-state index in [-0.39, 0.29) is 29.3 Å². The molecule has 0 saturated heterocycles. The maximum absolute atomic E-state index is 12.8. The zero-order valence-corrected chi connectivity index (χ0v) is 19.9. The Morgan fingerprint density at radius 2 is 2.03 bits per heavy atom. The van der Waals surface area contributed by atoms with Gasteiger partial charge in [0.05, 0.1) is 16.1 Å². The summed E-state index contributed by atoms with van der Waals surface area (Å²) in [6, 6.07) is 8.05. The molecule has 1 fully saturated rings. The minimum Gasteiger partial charge on any atom is -0.354 e. The predicted molar refractivity (Wildman–Crippen MR) is 129 cm³/mol. The summed E-state index contributed by atoms with van der Waals surface area (Å²) in [6.45, 7) is 5.98. The molecule has 5 rings (SSSR count). The number of rotatable bonds is 4. The Balaban J connectivity index is 1.40. The number of fused-ring (bicyclic) bond motifs is 3. The first-order valence-electron chi connectivity index (χ1n) is 11.5. The number of halogens is 1. The molecule has 2 amide bonds. The van der Waals surface area contributed by atoms with E-state index >= 15 is 0 Å². The lowest BCUT2D eigenvalue weighted by atomic mass is 10.0. The fourth-order valence-electron chi connectivity index (χ4n) is 5.26. The van der Waals surface area contributed by atoms with Gasteiger partial charge in [0.15, 0.2) is 0 Å². The van der Waals surface area contributed by atoms with Gasteiger partial charge in [-0.1, -0.05) is 17.7 Å². The third-order valence-corrected chi connectivity index (χ3v) is 7.22. The van der Waals surface area contributed by atoms with Gasteiger partial charge in [-0.3, -0.25) is 9.59 Å². The Labute approximate surface area is 197 Å². The Hall–Kier alpha value is -2.93. The molecule has 1 aliphatic heterocycles. The van der Waals surface area contributed by atoms with E-state index in [0.717, 1.165) is 53.7 Å². The van der Waals surface area contributed by atoms with Crippen LogP contribution < -0.4 is 10.6 Å². The van der Waals surface area contributed by atoms with Crippen LogP contribution in [0.3, 0.4) is 0 Å². The van der Waals surface area contributed by atoms with Crippen LogP contribution >= 0.6 is 11.6 Å². The molecule has 0 bridgehead atoms. The lowest BCUT2D eigenvalue weighted by molar-refractivity contribution is -0.121. The number of nitrogens with zero attached hydrogens (tertiary/aromatic N) is 3. The predicted octanol–water partition coefficient (Wildman–Crippen LogP) is 4.68. The van der Waals surface area contributed by atoms with Crippen molar-refractivity contribution in [1.29, 1.82) is 0 Å². The van der Waals surface area contributed by atoms with Crippen molar-refractivity contribution in [2.24, 2.45) is 5.92 Å². The molecule has 1 aromatic carbocycles. The van der Waals surface area contributed by atoms with E-state index in [1.165, 1.54) is 6.92 Å². The minimum absolute atomic E-state index is 0.0280. The van der Waals surface area contributed by atoms with E-state index in [4.69, 9.17) is 16.6 Å². The molecule has 33 heavy (non-hydrogen) atoms. The van der Waals surface area contributed by atoms with Gasteiger partial charge in [0.2, 0.25) is 11.8 Å². The van der Waals surface area contributed by atoms with Gasteiger partial charge in [-0.05, 0) is 63.3 Å². The number of pyridine rings is 1. The average Bonchev–Trinajstić information content (AvgIpc) is 3.44. The molecular weight excluding hydrogens is 438 g/mol. The molecule has 8 heteroatoms. The van der Waals surface area contributed by atoms with E-state index in [0.29, 0.717) is 17.3 Å². The zero-order valence-electron chi connectivity index (χ0n) is 19.1. The highest BCUT2D eigenvalue weighted by molar-refractivity contribution is 6.33. The van der Waals surface area contributed by atoms with Gasteiger partial charge in [-0.15, -0.1) is 0 Å². The molecule has 3 heterocycles. The first-order valence-corrected chi connectivity index (χ1v) is 11.8. The van der Waals surface area contributed by atoms with Crippen LogP contribution in [0.4, 0.5) is 5.82 Å². The summed E-state index contributed by atoms with van der Waals surface area (Å²) in [7, 11) is 0. The number of nitrogens with one attached hydrogen (secondary N) is 2. The summed E-state index contributed by atoms with van der Waals surface area (Å²) in [6.07, 6.45) is 5.83. The second-order valence-electron chi connectivity index (χ2n) is 9.83. The van der Waals surface area contributed by atoms with E-state index in [2.05, 4.69) is 40.1 Å². The lowest BCUT2D eigenvalue weighted by Gasteiger charge is -2.22. The van der Waals surface area contributed by atoms with Gasteiger partial charge in [0, 0.05) is 42.6 Å². The Morgan fingerprint density at radius 3 is 2.82 bits per heavy atom. The van der Waals surface area contributed by atoms with Crippen molar-refractivity contribution in [3.8, 4) is 11.1 Å². The summed E-state index contributed by atoms with van der Waals surface area (Å²) >= 11 is 6.52. The Bertz CT molecular complexity index is 1270. The first kappa shape index (κ1) is 21.9. The lowest BCUT2D eigenvalue weighted by Crippen LogP contribution is -2.31. The normalized spacial score (nSPS) is 21.2. The maximum atomic E-state index is 12.8. The van der Waals surface area contributed by atoms with Gasteiger partial charge < -0.3 is 15.2 Å². The molecule has 3 aromatic rings. The molecule has 1 aliphatic carbocycles. The van der Waals surface area contributed by atoms with Gasteiger partial charge >= 0.3 is 0 Å². The zero-order chi connectivity index (χ0) is 23.3. The SMILES string of the molecule is CC(=O)NC1CC[C@H](C(=O)Nc2cc(-c3ccc4nc5n(c4c3)C(C)(C)CC5)c(Cl)cn2)C1.